The van der Waals surface area contributed by atoms with Crippen molar-refractivity contribution in [3.63, 3.8) is 0 Å². The molecule has 0 atom stereocenters. The molecule has 0 aromatic carbocycles. The molecule has 3 aromatic heterocycles. The minimum absolute atomic E-state index is 0.179. The quantitative estimate of drug-likeness (QED) is 0.465. The van der Waals surface area contributed by atoms with Crippen molar-refractivity contribution in [1.29, 1.82) is 0 Å². The number of aromatic nitrogens is 3. The summed E-state index contributed by atoms with van der Waals surface area (Å²) in [6, 6.07) is 7.33. The van der Waals surface area contributed by atoms with Gasteiger partial charge in [0.05, 0.1) is 11.8 Å². The Hall–Kier alpha value is -3.68. The maximum absolute atomic E-state index is 13.5. The van der Waals surface area contributed by atoms with Crippen LogP contribution in [0.25, 0.3) is 0 Å². The van der Waals surface area contributed by atoms with Crippen molar-refractivity contribution in [2.45, 2.75) is 26.4 Å². The van der Waals surface area contributed by atoms with E-state index in [1.54, 1.807) is 30.9 Å². The lowest BCUT2D eigenvalue weighted by Gasteiger charge is -2.07. The van der Waals surface area contributed by atoms with Crippen molar-refractivity contribution in [3.8, 4) is 0 Å². The number of pyridine rings is 3. The second kappa shape index (κ2) is 10.0. The number of nitrogens with one attached hydrogen (secondary N) is 1. The Morgan fingerprint density at radius 2 is 2.07 bits per heavy atom. The molecule has 8 heteroatoms. The fourth-order valence-corrected chi connectivity index (χ4v) is 2.49. The second-order valence-corrected chi connectivity index (χ2v) is 6.26. The number of aryl methyl sites for hydroxylation is 1. The predicted octanol–water partition coefficient (Wildman–Crippen LogP) is 3.71. The summed E-state index contributed by atoms with van der Waals surface area (Å²) in [5.74, 6) is -0.587. The predicted molar refractivity (Wildman–Crippen MR) is 107 cm³/mol. The lowest BCUT2D eigenvalue weighted by molar-refractivity contribution is 0.102. The van der Waals surface area contributed by atoms with Crippen molar-refractivity contribution in [2.75, 3.05) is 5.32 Å². The Morgan fingerprint density at radius 1 is 1.17 bits per heavy atom. The van der Waals surface area contributed by atoms with Gasteiger partial charge in [-0.3, -0.25) is 14.8 Å². The molecule has 7 nitrogen and oxygen atoms in total. The van der Waals surface area contributed by atoms with Gasteiger partial charge < -0.3 is 10.2 Å². The topological polar surface area (TPSA) is 89.4 Å². The Balaban J connectivity index is 1.44. The zero-order chi connectivity index (χ0) is 20.5. The number of amides is 1. The van der Waals surface area contributed by atoms with E-state index in [1.807, 2.05) is 18.2 Å². The number of hydrogen-bond donors (Lipinski definition) is 1. The number of hydrogen-bond acceptors (Lipinski definition) is 6. The van der Waals surface area contributed by atoms with Crippen LogP contribution in [0.2, 0.25) is 0 Å². The van der Waals surface area contributed by atoms with Gasteiger partial charge in [0.2, 0.25) is 0 Å². The van der Waals surface area contributed by atoms with E-state index < -0.39 is 11.7 Å². The Morgan fingerprint density at radius 3 is 2.83 bits per heavy atom. The molecule has 1 N–H and O–H groups in total. The average Bonchev–Trinajstić information content (AvgIpc) is 2.74. The van der Waals surface area contributed by atoms with E-state index in [0.717, 1.165) is 23.7 Å². The van der Waals surface area contributed by atoms with Crippen LogP contribution in [0.3, 0.4) is 0 Å². The van der Waals surface area contributed by atoms with E-state index in [0.29, 0.717) is 18.8 Å². The summed E-state index contributed by atoms with van der Waals surface area (Å²) in [6.07, 6.45) is 10.6. The van der Waals surface area contributed by atoms with E-state index >= 15 is 0 Å². The third-order valence-electron chi connectivity index (χ3n) is 4.13. The molecule has 0 fully saturated rings. The van der Waals surface area contributed by atoms with Gasteiger partial charge in [0.1, 0.15) is 18.2 Å². The first-order valence-electron chi connectivity index (χ1n) is 9.02. The minimum Gasteiger partial charge on any atom is -0.391 e. The van der Waals surface area contributed by atoms with Crippen LogP contribution >= 0.6 is 0 Å². The Labute approximate surface area is 167 Å². The first-order valence-corrected chi connectivity index (χ1v) is 9.02. The SMILES string of the molecule is Cc1c(F)cncc1C(=O)Nc1ccc(CC/C=N/OCc2cccnc2)cn1. The molecule has 0 saturated carbocycles. The van der Waals surface area contributed by atoms with E-state index in [4.69, 9.17) is 4.84 Å². The summed E-state index contributed by atoms with van der Waals surface area (Å²) >= 11 is 0. The number of nitrogens with zero attached hydrogens (tertiary/aromatic N) is 4. The molecule has 3 rings (SSSR count). The second-order valence-electron chi connectivity index (χ2n) is 6.26. The van der Waals surface area contributed by atoms with E-state index in [9.17, 15) is 9.18 Å². The Bertz CT molecular complexity index is 978. The maximum Gasteiger partial charge on any atom is 0.258 e. The monoisotopic (exact) mass is 393 g/mol. The molecule has 3 heterocycles. The summed E-state index contributed by atoms with van der Waals surface area (Å²) in [6.45, 7) is 1.91. The molecule has 1 amide bonds. The summed E-state index contributed by atoms with van der Waals surface area (Å²) < 4.78 is 13.5. The number of carbonyl (C=O) groups excluding carboxylic acids is 1. The molecule has 0 aliphatic carbocycles. The van der Waals surface area contributed by atoms with Gasteiger partial charge in [0.25, 0.3) is 5.91 Å². The molecule has 148 valence electrons. The van der Waals surface area contributed by atoms with E-state index in [2.05, 4.69) is 25.4 Å². The summed E-state index contributed by atoms with van der Waals surface area (Å²) in [5.41, 5.74) is 2.37. The van der Waals surface area contributed by atoms with Crippen LogP contribution in [-0.2, 0) is 17.9 Å². The zero-order valence-corrected chi connectivity index (χ0v) is 15.9. The molecule has 0 aliphatic heterocycles. The highest BCUT2D eigenvalue weighted by Gasteiger charge is 2.13. The molecule has 3 aromatic rings. The standard InChI is InChI=1S/C21H20FN5O2/c1-15-18(12-24-13-19(15)22)21(28)27-20-7-6-16(11-25-20)4-3-9-26-29-14-17-5-2-8-23-10-17/h2,5-13H,3-4,14H2,1H3,(H,25,27,28)/b26-9+. The van der Waals surface area contributed by atoms with Crippen LogP contribution in [0.1, 0.15) is 33.5 Å². The highest BCUT2D eigenvalue weighted by Crippen LogP contribution is 2.13. The van der Waals surface area contributed by atoms with Crippen molar-refractivity contribution in [1.82, 2.24) is 15.0 Å². The van der Waals surface area contributed by atoms with Crippen LogP contribution in [0, 0.1) is 12.7 Å². The maximum atomic E-state index is 13.5. The molecule has 0 bridgehead atoms. The molecular formula is C21H20FN5O2. The van der Waals surface area contributed by atoms with Crippen LogP contribution in [-0.4, -0.2) is 27.1 Å². The fraction of sp³-hybridized carbons (Fsp3) is 0.190. The number of halogens is 1. The normalized spacial score (nSPS) is 10.8. The molecule has 0 saturated heterocycles. The lowest BCUT2D eigenvalue weighted by Crippen LogP contribution is -2.15. The zero-order valence-electron chi connectivity index (χ0n) is 15.9. The molecule has 0 aliphatic rings. The summed E-state index contributed by atoms with van der Waals surface area (Å²) in [4.78, 5) is 29.4. The van der Waals surface area contributed by atoms with E-state index in [-0.39, 0.29) is 11.1 Å². The van der Waals surface area contributed by atoms with Gasteiger partial charge in [0, 0.05) is 42.1 Å². The third kappa shape index (κ3) is 5.90. The van der Waals surface area contributed by atoms with Gasteiger partial charge in [-0.15, -0.1) is 0 Å². The highest BCUT2D eigenvalue weighted by atomic mass is 19.1. The van der Waals surface area contributed by atoms with Crippen LogP contribution in [0.4, 0.5) is 10.2 Å². The van der Waals surface area contributed by atoms with Gasteiger partial charge in [-0.2, -0.15) is 0 Å². The largest absolute Gasteiger partial charge is 0.391 e. The van der Waals surface area contributed by atoms with Crippen LogP contribution in [0.15, 0.2) is 60.4 Å². The average molecular weight is 393 g/mol. The number of carbonyl (C=O) groups is 1. The first-order chi connectivity index (χ1) is 14.1. The van der Waals surface area contributed by atoms with Gasteiger partial charge in [-0.05, 0) is 37.5 Å². The lowest BCUT2D eigenvalue weighted by atomic mass is 10.1. The van der Waals surface area contributed by atoms with Crippen LogP contribution in [0.5, 0.6) is 0 Å². The summed E-state index contributed by atoms with van der Waals surface area (Å²) in [7, 11) is 0. The van der Waals surface area contributed by atoms with Crippen molar-refractivity contribution < 1.29 is 14.0 Å². The van der Waals surface area contributed by atoms with Crippen LogP contribution < -0.4 is 5.32 Å². The fourth-order valence-electron chi connectivity index (χ4n) is 2.49. The van der Waals surface area contributed by atoms with E-state index in [1.165, 1.54) is 13.1 Å². The minimum atomic E-state index is -0.521. The van der Waals surface area contributed by atoms with Crippen molar-refractivity contribution in [3.05, 3.63) is 83.3 Å². The first kappa shape index (κ1) is 20.1. The van der Waals surface area contributed by atoms with Crippen molar-refractivity contribution >= 4 is 17.9 Å². The summed E-state index contributed by atoms with van der Waals surface area (Å²) in [5, 5.41) is 6.57. The molecular weight excluding hydrogens is 373 g/mol. The number of rotatable bonds is 8. The van der Waals surface area contributed by atoms with Gasteiger partial charge >= 0.3 is 0 Å². The van der Waals surface area contributed by atoms with Gasteiger partial charge in [0.15, 0.2) is 0 Å². The molecule has 0 unspecified atom stereocenters. The molecule has 0 spiro atoms. The third-order valence-corrected chi connectivity index (χ3v) is 4.13. The number of oxime groups is 1. The number of anilines is 1. The molecule has 29 heavy (non-hydrogen) atoms. The van der Waals surface area contributed by atoms with Gasteiger partial charge in [-0.1, -0.05) is 17.3 Å². The highest BCUT2D eigenvalue weighted by molar-refractivity contribution is 6.04. The van der Waals surface area contributed by atoms with Gasteiger partial charge in [-0.25, -0.2) is 9.37 Å². The molecule has 0 radical (unpaired) electrons. The Kier molecular flexibility index (Phi) is 6.94. The smallest absolute Gasteiger partial charge is 0.258 e. The van der Waals surface area contributed by atoms with Crippen molar-refractivity contribution in [2.24, 2.45) is 5.16 Å².